The minimum Gasteiger partial charge on any atom is -0.343 e. The summed E-state index contributed by atoms with van der Waals surface area (Å²) < 4.78 is 1.65. The maximum absolute atomic E-state index is 13.5. The quantitative estimate of drug-likeness (QED) is 0.339. The minimum atomic E-state index is -0.591. The lowest BCUT2D eigenvalue weighted by molar-refractivity contribution is -0.113. The van der Waals surface area contributed by atoms with Gasteiger partial charge in [-0.15, -0.1) is 0 Å². The Kier molecular flexibility index (Phi) is 6.08. The number of para-hydroxylation sites is 2. The first-order valence-corrected chi connectivity index (χ1v) is 11.4. The van der Waals surface area contributed by atoms with Crippen LogP contribution < -0.4 is 16.0 Å². The lowest BCUT2D eigenvalue weighted by Gasteiger charge is -2.30. The van der Waals surface area contributed by atoms with Gasteiger partial charge in [0, 0.05) is 22.1 Å². The number of hydrogen-bond acceptors (Lipinski definition) is 4. The number of nitrogens with one attached hydrogen (secondary N) is 3. The van der Waals surface area contributed by atoms with E-state index < -0.39 is 6.04 Å². The summed E-state index contributed by atoms with van der Waals surface area (Å²) in [5.41, 5.74) is 3.58. The van der Waals surface area contributed by atoms with Crippen LogP contribution in [0, 0.1) is 0 Å². The predicted octanol–water partition coefficient (Wildman–Crippen LogP) is 5.72. The molecule has 1 aliphatic heterocycles. The summed E-state index contributed by atoms with van der Waals surface area (Å²) in [6, 6.07) is 25.1. The van der Waals surface area contributed by atoms with Crippen LogP contribution in [0.2, 0.25) is 5.02 Å². The highest BCUT2D eigenvalue weighted by molar-refractivity contribution is 6.30. The molecular formula is C27H22ClN5O2. The number of allylic oxidation sites excluding steroid dienone is 1. The summed E-state index contributed by atoms with van der Waals surface area (Å²) >= 11 is 6.30. The van der Waals surface area contributed by atoms with Gasteiger partial charge in [-0.3, -0.25) is 9.59 Å². The zero-order valence-electron chi connectivity index (χ0n) is 18.8. The number of hydrogen-bond donors (Lipinski definition) is 3. The van der Waals surface area contributed by atoms with Crippen LogP contribution in [0.5, 0.6) is 0 Å². The highest BCUT2D eigenvalue weighted by Gasteiger charge is 2.35. The number of carbonyl (C=O) groups excluding carboxylic acids is 2. The van der Waals surface area contributed by atoms with Gasteiger partial charge in [0.05, 0.1) is 11.8 Å². The van der Waals surface area contributed by atoms with Gasteiger partial charge in [-0.2, -0.15) is 5.10 Å². The van der Waals surface area contributed by atoms with Crippen molar-refractivity contribution in [3.05, 3.63) is 119 Å². The SMILES string of the molecule is CC1=C(C(=O)Nc2ccccc2)[C@H](c2cccc(Cl)c2)n2ncc(C(=O)Nc3ccccc3)c2N1. The van der Waals surface area contributed by atoms with Crippen molar-refractivity contribution >= 4 is 40.6 Å². The second-order valence-electron chi connectivity index (χ2n) is 8.11. The summed E-state index contributed by atoms with van der Waals surface area (Å²) in [7, 11) is 0. The number of halogens is 1. The highest BCUT2D eigenvalue weighted by atomic mass is 35.5. The molecule has 0 unspecified atom stereocenters. The van der Waals surface area contributed by atoms with E-state index in [2.05, 4.69) is 21.0 Å². The van der Waals surface area contributed by atoms with Gasteiger partial charge in [0.1, 0.15) is 17.4 Å². The first-order chi connectivity index (χ1) is 17.0. The Morgan fingerprint density at radius 2 is 1.51 bits per heavy atom. The number of benzene rings is 3. The molecule has 8 heteroatoms. The van der Waals surface area contributed by atoms with Gasteiger partial charge in [0.15, 0.2) is 0 Å². The molecule has 1 aliphatic rings. The van der Waals surface area contributed by atoms with Crippen molar-refractivity contribution in [2.45, 2.75) is 13.0 Å². The van der Waals surface area contributed by atoms with Gasteiger partial charge in [-0.25, -0.2) is 4.68 Å². The van der Waals surface area contributed by atoms with Gasteiger partial charge in [-0.05, 0) is 48.9 Å². The standard InChI is InChI=1S/C27H22ClN5O2/c1-17-23(27(35)32-21-13-6-3-7-14-21)24(18-9-8-10-19(28)15-18)33-25(30-17)22(16-29-33)26(34)31-20-11-4-2-5-12-20/h2-16,24,30H,1H3,(H,31,34)(H,32,35)/t24-/m0/s1. The molecule has 0 bridgehead atoms. The molecule has 3 aromatic carbocycles. The van der Waals surface area contributed by atoms with Crippen molar-refractivity contribution in [3.8, 4) is 0 Å². The third-order valence-electron chi connectivity index (χ3n) is 5.74. The van der Waals surface area contributed by atoms with Crippen molar-refractivity contribution in [3.63, 3.8) is 0 Å². The first-order valence-electron chi connectivity index (χ1n) is 11.0. The van der Waals surface area contributed by atoms with Crippen molar-refractivity contribution in [1.82, 2.24) is 9.78 Å². The number of carbonyl (C=O) groups is 2. The van der Waals surface area contributed by atoms with Gasteiger partial charge >= 0.3 is 0 Å². The summed E-state index contributed by atoms with van der Waals surface area (Å²) in [5, 5.41) is 14.1. The van der Waals surface area contributed by atoms with Gasteiger partial charge in [0.2, 0.25) is 0 Å². The molecule has 4 aromatic rings. The maximum atomic E-state index is 13.5. The van der Waals surface area contributed by atoms with Crippen LogP contribution in [-0.2, 0) is 4.79 Å². The van der Waals surface area contributed by atoms with Crippen LogP contribution in [0.15, 0.2) is 102 Å². The first kappa shape index (κ1) is 22.4. The number of amides is 2. The summed E-state index contributed by atoms with van der Waals surface area (Å²) in [4.78, 5) is 26.6. The molecule has 2 heterocycles. The maximum Gasteiger partial charge on any atom is 0.261 e. The molecule has 35 heavy (non-hydrogen) atoms. The fourth-order valence-corrected chi connectivity index (χ4v) is 4.34. The Hall–Kier alpha value is -4.36. The summed E-state index contributed by atoms with van der Waals surface area (Å²) in [5.74, 6) is -0.0837. The van der Waals surface area contributed by atoms with Crippen LogP contribution >= 0.6 is 11.6 Å². The van der Waals surface area contributed by atoms with E-state index in [9.17, 15) is 9.59 Å². The van der Waals surface area contributed by atoms with E-state index in [1.165, 1.54) is 6.20 Å². The minimum absolute atomic E-state index is 0.275. The lowest BCUT2D eigenvalue weighted by Crippen LogP contribution is -2.32. The van der Waals surface area contributed by atoms with E-state index >= 15 is 0 Å². The highest BCUT2D eigenvalue weighted by Crippen LogP contribution is 2.38. The van der Waals surface area contributed by atoms with E-state index in [1.54, 1.807) is 16.8 Å². The van der Waals surface area contributed by atoms with Crippen LogP contribution in [-0.4, -0.2) is 21.6 Å². The van der Waals surface area contributed by atoms with Crippen molar-refractivity contribution in [1.29, 1.82) is 0 Å². The van der Waals surface area contributed by atoms with E-state index in [0.717, 1.165) is 5.56 Å². The van der Waals surface area contributed by atoms with Gasteiger partial charge in [0.25, 0.3) is 11.8 Å². The molecule has 7 nitrogen and oxygen atoms in total. The molecule has 0 fully saturated rings. The van der Waals surface area contributed by atoms with Crippen LogP contribution in [0.25, 0.3) is 0 Å². The summed E-state index contributed by atoms with van der Waals surface area (Å²) in [6.07, 6.45) is 1.50. The topological polar surface area (TPSA) is 88.0 Å². The average molecular weight is 484 g/mol. The molecule has 3 N–H and O–H groups in total. The number of fused-ring (bicyclic) bond motifs is 1. The lowest BCUT2D eigenvalue weighted by atomic mass is 9.94. The Morgan fingerprint density at radius 3 is 2.14 bits per heavy atom. The number of aromatic nitrogens is 2. The molecular weight excluding hydrogens is 462 g/mol. The fourth-order valence-electron chi connectivity index (χ4n) is 4.14. The van der Waals surface area contributed by atoms with Crippen molar-refractivity contribution < 1.29 is 9.59 Å². The number of rotatable bonds is 5. The molecule has 0 radical (unpaired) electrons. The molecule has 0 aliphatic carbocycles. The van der Waals surface area contributed by atoms with Crippen LogP contribution in [0.3, 0.4) is 0 Å². The zero-order valence-corrected chi connectivity index (χ0v) is 19.6. The third kappa shape index (κ3) is 4.54. The zero-order chi connectivity index (χ0) is 24.4. The smallest absolute Gasteiger partial charge is 0.261 e. The average Bonchev–Trinajstić information content (AvgIpc) is 3.28. The largest absolute Gasteiger partial charge is 0.343 e. The van der Waals surface area contributed by atoms with Crippen LogP contribution in [0.4, 0.5) is 17.2 Å². The molecule has 0 saturated carbocycles. The molecule has 1 aromatic heterocycles. The Balaban J connectivity index is 1.55. The van der Waals surface area contributed by atoms with Crippen molar-refractivity contribution in [2.24, 2.45) is 0 Å². The van der Waals surface area contributed by atoms with E-state index in [-0.39, 0.29) is 11.8 Å². The Labute approximate surface area is 207 Å². The van der Waals surface area contributed by atoms with Gasteiger partial charge in [-0.1, -0.05) is 60.1 Å². The normalized spacial score (nSPS) is 14.6. The number of anilines is 3. The van der Waals surface area contributed by atoms with Gasteiger partial charge < -0.3 is 16.0 Å². The Morgan fingerprint density at radius 1 is 0.886 bits per heavy atom. The van der Waals surface area contributed by atoms with E-state index in [4.69, 9.17) is 11.6 Å². The molecule has 0 saturated heterocycles. The molecule has 2 amide bonds. The second kappa shape index (κ2) is 9.48. The monoisotopic (exact) mass is 483 g/mol. The number of nitrogens with zero attached hydrogens (tertiary/aromatic N) is 2. The summed E-state index contributed by atoms with van der Waals surface area (Å²) in [6.45, 7) is 1.81. The fraction of sp³-hybridized carbons (Fsp3) is 0.0741. The van der Waals surface area contributed by atoms with E-state index in [0.29, 0.717) is 39.0 Å². The van der Waals surface area contributed by atoms with E-state index in [1.807, 2.05) is 79.7 Å². The molecule has 0 spiro atoms. The molecule has 1 atom stereocenters. The predicted molar refractivity (Wildman–Crippen MR) is 138 cm³/mol. The molecule has 174 valence electrons. The Bertz CT molecular complexity index is 1430. The third-order valence-corrected chi connectivity index (χ3v) is 5.98. The second-order valence-corrected chi connectivity index (χ2v) is 8.55. The van der Waals surface area contributed by atoms with Crippen molar-refractivity contribution in [2.75, 3.05) is 16.0 Å². The molecule has 5 rings (SSSR count). The van der Waals surface area contributed by atoms with Crippen LogP contribution in [0.1, 0.15) is 28.9 Å².